The number of fused-ring (bicyclic) bond motifs is 6. The molecule has 2 heterocycles. The van der Waals surface area contributed by atoms with E-state index >= 15 is 0 Å². The van der Waals surface area contributed by atoms with Crippen molar-refractivity contribution < 1.29 is 69.7 Å². The Balaban J connectivity index is 0.000000290. The van der Waals surface area contributed by atoms with Gasteiger partial charge in [0.05, 0.1) is 52.8 Å². The SMILES string of the molecule is CCC(C)(C)C(=O)OC1C2CC3C1OC(=O)C3(C#N)C2.CCC(C)(C)C(=O)OCCC[Si](O[Si](C)(C)C)(O[Si](C)(C)C)O[Si](C)(C)C.CCC(C)(C)C(=O)OCC[Si](C)(C)C.CCC(C)(C)C(=O)ON1C(=O)C2C3CCC(C3)C2C1=O. The molecule has 0 aromatic heterocycles. The Kier molecular flexibility index (Phi) is 24.2. The average Bonchev–Trinajstić information content (AvgIpc) is 4.18. The third-order valence-corrected chi connectivity index (χ3v) is 30.9. The zero-order valence-electron chi connectivity index (χ0n) is 54.5. The van der Waals surface area contributed by atoms with Gasteiger partial charge in [0.2, 0.25) is 0 Å². The number of rotatable bonds is 23. The van der Waals surface area contributed by atoms with Crippen molar-refractivity contribution in [3.63, 3.8) is 0 Å². The molecule has 17 nitrogen and oxygen atoms in total. The van der Waals surface area contributed by atoms with Crippen LogP contribution in [0.2, 0.25) is 90.7 Å². The lowest BCUT2D eigenvalue weighted by atomic mass is 9.74. The van der Waals surface area contributed by atoms with Gasteiger partial charge in [-0.05, 0) is 196 Å². The maximum Gasteiger partial charge on any atom is 0.469 e. The Bertz CT molecular complexity index is 2220. The molecular weight excluding hydrogens is 1120 g/mol. The second-order valence-corrected chi connectivity index (χ2v) is 52.9. The molecule has 0 spiro atoms. The minimum Gasteiger partial charge on any atom is -0.466 e. The summed E-state index contributed by atoms with van der Waals surface area (Å²) in [4.78, 5) is 89.9. The van der Waals surface area contributed by atoms with Gasteiger partial charge in [0.15, 0.2) is 30.4 Å². The molecule has 9 unspecified atom stereocenters. The number of amides is 2. The third kappa shape index (κ3) is 19.0. The quantitative estimate of drug-likeness (QED) is 0.0305. The molecule has 0 radical (unpaired) electrons. The fourth-order valence-electron chi connectivity index (χ4n) is 10.7. The first-order valence-corrected chi connectivity index (χ1v) is 46.0. The van der Waals surface area contributed by atoms with Crippen molar-refractivity contribution in [1.82, 2.24) is 5.06 Å². The van der Waals surface area contributed by atoms with Gasteiger partial charge >= 0.3 is 38.7 Å². The van der Waals surface area contributed by atoms with Crippen LogP contribution in [0.1, 0.15) is 147 Å². The van der Waals surface area contributed by atoms with Crippen LogP contribution in [0.25, 0.3) is 0 Å². The normalized spacial score (nSPS) is 26.0. The summed E-state index contributed by atoms with van der Waals surface area (Å²) in [5.74, 6) is -1.85. The first-order chi connectivity index (χ1) is 36.7. The van der Waals surface area contributed by atoms with Crippen LogP contribution in [0, 0.1) is 73.9 Å². The highest BCUT2D eigenvalue weighted by molar-refractivity contribution is 6.90. The molecule has 4 aliphatic carbocycles. The molecule has 81 heavy (non-hydrogen) atoms. The highest BCUT2D eigenvalue weighted by atomic mass is 28.5. The molecule has 9 atom stereocenters. The van der Waals surface area contributed by atoms with E-state index in [1.54, 1.807) is 13.8 Å². The molecule has 0 N–H and O–H groups in total. The van der Waals surface area contributed by atoms with Crippen molar-refractivity contribution in [3.05, 3.63) is 0 Å². The molecule has 0 aromatic carbocycles. The summed E-state index contributed by atoms with van der Waals surface area (Å²) in [5, 5.41) is 10.1. The van der Waals surface area contributed by atoms with Crippen LogP contribution >= 0.6 is 0 Å². The maximum absolute atomic E-state index is 12.4. The molecule has 4 bridgehead atoms. The molecule has 6 rings (SSSR count). The van der Waals surface area contributed by atoms with E-state index in [0.29, 0.717) is 56.8 Å². The lowest BCUT2D eigenvalue weighted by molar-refractivity contribution is -0.206. The summed E-state index contributed by atoms with van der Waals surface area (Å²) in [6.45, 7) is 50.2. The van der Waals surface area contributed by atoms with E-state index in [4.69, 9.17) is 36.1 Å². The second-order valence-electron chi connectivity index (χ2n) is 30.3. The van der Waals surface area contributed by atoms with Gasteiger partial charge in [-0.1, -0.05) is 47.3 Å². The predicted octanol–water partition coefficient (Wildman–Crippen LogP) is 12.9. The fourth-order valence-corrected chi connectivity index (χ4v) is 26.1. The predicted molar refractivity (Wildman–Crippen MR) is 325 cm³/mol. The van der Waals surface area contributed by atoms with Crippen molar-refractivity contribution in [1.29, 1.82) is 5.26 Å². The molecule has 6 fully saturated rings. The smallest absolute Gasteiger partial charge is 0.466 e. The zero-order valence-corrected chi connectivity index (χ0v) is 59.5. The number of imide groups is 1. The summed E-state index contributed by atoms with van der Waals surface area (Å²) in [7, 11) is -9.49. The van der Waals surface area contributed by atoms with Gasteiger partial charge in [-0.25, -0.2) is 4.79 Å². The lowest BCUT2D eigenvalue weighted by Crippen LogP contribution is -2.60. The van der Waals surface area contributed by atoms with Gasteiger partial charge in [0.25, 0.3) is 11.8 Å². The van der Waals surface area contributed by atoms with E-state index in [-0.39, 0.29) is 64.9 Å². The zero-order chi connectivity index (χ0) is 62.5. The lowest BCUT2D eigenvalue weighted by Gasteiger charge is -2.42. The number of nitrogens with zero attached hydrogens (tertiary/aromatic N) is 2. The van der Waals surface area contributed by atoms with Crippen LogP contribution in [0.5, 0.6) is 0 Å². The number of hydroxylamine groups is 2. The number of esters is 4. The molecule has 2 aliphatic heterocycles. The number of carbonyl (C=O) groups is 7. The van der Waals surface area contributed by atoms with Gasteiger partial charge < -0.3 is 36.1 Å². The monoisotopic (exact) mass is 1220 g/mol. The Hall–Kier alpha value is -3.06. The summed E-state index contributed by atoms with van der Waals surface area (Å²) in [6.07, 6.45) is 7.04. The Morgan fingerprint density at radius 3 is 1.40 bits per heavy atom. The number of nitriles is 1. The Morgan fingerprint density at radius 2 is 1.00 bits per heavy atom. The molecule has 4 saturated carbocycles. The van der Waals surface area contributed by atoms with Gasteiger partial charge in [0.1, 0.15) is 12.2 Å². The van der Waals surface area contributed by atoms with Gasteiger partial charge in [-0.3, -0.25) is 28.8 Å². The van der Waals surface area contributed by atoms with Crippen LogP contribution in [0.15, 0.2) is 0 Å². The number of hydrogen-bond donors (Lipinski definition) is 0. The van der Waals surface area contributed by atoms with E-state index in [0.717, 1.165) is 49.6 Å². The van der Waals surface area contributed by atoms with E-state index in [1.165, 1.54) is 0 Å². The number of ether oxygens (including phenoxy) is 4. The molecule has 464 valence electrons. The van der Waals surface area contributed by atoms with Crippen LogP contribution < -0.4 is 0 Å². The van der Waals surface area contributed by atoms with E-state index < -0.39 is 81.5 Å². The first-order valence-electron chi connectivity index (χ1n) is 30.1. The Morgan fingerprint density at radius 1 is 0.593 bits per heavy atom. The highest BCUT2D eigenvalue weighted by Gasteiger charge is 2.72. The van der Waals surface area contributed by atoms with Crippen molar-refractivity contribution in [2.75, 3.05) is 13.2 Å². The van der Waals surface area contributed by atoms with Crippen molar-refractivity contribution >= 4 is 83.5 Å². The van der Waals surface area contributed by atoms with E-state index in [9.17, 15) is 38.8 Å². The third-order valence-electron chi connectivity index (χ3n) is 17.1. The highest BCUT2D eigenvalue weighted by Crippen LogP contribution is 2.62. The molecule has 6 aliphatic rings. The van der Waals surface area contributed by atoms with Crippen molar-refractivity contribution in [3.8, 4) is 6.07 Å². The van der Waals surface area contributed by atoms with Crippen molar-refractivity contribution in [2.24, 2.45) is 62.6 Å². The largest absolute Gasteiger partial charge is 0.469 e. The molecular formula is C59H108N2O15Si5. The van der Waals surface area contributed by atoms with Gasteiger partial charge in [-0.2, -0.15) is 5.26 Å². The average molecular weight is 1230 g/mol. The maximum atomic E-state index is 12.4. The summed E-state index contributed by atoms with van der Waals surface area (Å²) >= 11 is 0. The van der Waals surface area contributed by atoms with Crippen LogP contribution in [0.3, 0.4) is 0 Å². The summed E-state index contributed by atoms with van der Waals surface area (Å²) < 4.78 is 41.7. The topological polar surface area (TPSA) is 220 Å². The Labute approximate surface area is 493 Å². The van der Waals surface area contributed by atoms with E-state index in [1.807, 2.05) is 69.2 Å². The minimum absolute atomic E-state index is 0.0572. The number of carbonyl (C=O) groups excluding carboxylic acids is 7. The molecule has 22 heteroatoms. The van der Waals surface area contributed by atoms with Crippen molar-refractivity contribution in [2.45, 2.75) is 250 Å². The summed E-state index contributed by atoms with van der Waals surface area (Å²) in [5.41, 5.74) is -2.95. The van der Waals surface area contributed by atoms with Crippen LogP contribution in [-0.4, -0.2) is 114 Å². The van der Waals surface area contributed by atoms with Gasteiger partial charge in [-0.15, -0.1) is 5.06 Å². The van der Waals surface area contributed by atoms with Crippen LogP contribution in [0.4, 0.5) is 0 Å². The molecule has 2 amide bonds. The van der Waals surface area contributed by atoms with Gasteiger partial charge in [0, 0.05) is 26.0 Å². The molecule has 0 aromatic rings. The molecule has 2 saturated heterocycles. The standard InChI is InChI=1S/C18H44O5Si4.C15H19NO4.C15H21NO4.C11H24O2Si/c1-13-18(2,3)17(19)20-15-14-16-27(21-24(4,5)6,22-25(7,8)9)23-26(10,11)12;1-4-14(2,3)12(17)19-10-8-5-9-11(10)20-13(18)15(9,6-8)7-16;1-4-15(2,3)14(19)20-16-12(17)10-8-5-6-9(7-8)11(10)13(16)18;1-7-11(2,3)10(12)13-8-9-14(4,5)6/h13-16H2,1-12H3;8-11H,4-6H2,1-3H3;8-11H,4-7H2,1-3H3;7-9H2,1-6H3. The van der Waals surface area contributed by atoms with Crippen LogP contribution in [-0.2, 0) is 69.7 Å². The first kappa shape index (κ1) is 72.2. The minimum atomic E-state index is -2.83. The second kappa shape index (κ2) is 27.1. The summed E-state index contributed by atoms with van der Waals surface area (Å²) in [6, 6.07) is 3.90. The van der Waals surface area contributed by atoms with E-state index in [2.05, 4.69) is 84.6 Å². The fraction of sp³-hybridized carbons (Fsp3) is 0.864. The number of hydrogen-bond acceptors (Lipinski definition) is 16.